The van der Waals surface area contributed by atoms with Gasteiger partial charge in [0.15, 0.2) is 0 Å². The van der Waals surface area contributed by atoms with Crippen LogP contribution in [-0.4, -0.2) is 33.2 Å². The summed E-state index contributed by atoms with van der Waals surface area (Å²) in [7, 11) is 0. The highest BCUT2D eigenvalue weighted by atomic mass is 15.2. The maximum Gasteiger partial charge on any atom is 0.137 e. The largest absolute Gasteiger partial charge is 0.299 e. The quantitative estimate of drug-likeness (QED) is 0.802. The van der Waals surface area contributed by atoms with Gasteiger partial charge in [-0.25, -0.2) is 4.98 Å². The Hall–Kier alpha value is -2.46. The summed E-state index contributed by atoms with van der Waals surface area (Å²) in [5.74, 6) is 0.994. The summed E-state index contributed by atoms with van der Waals surface area (Å²) >= 11 is 0. The summed E-state index contributed by atoms with van der Waals surface area (Å²) in [6.07, 6.45) is 3.73. The maximum absolute atomic E-state index is 4.51. The number of aromatic amines is 1. The molecule has 0 bridgehead atoms. The molecule has 1 aromatic heterocycles. The molecule has 24 heavy (non-hydrogen) atoms. The van der Waals surface area contributed by atoms with Gasteiger partial charge in [-0.05, 0) is 37.1 Å². The molecule has 4 nitrogen and oxygen atoms in total. The van der Waals surface area contributed by atoms with Crippen molar-refractivity contribution in [3.8, 4) is 0 Å². The van der Waals surface area contributed by atoms with Crippen LogP contribution in [0.4, 0.5) is 0 Å². The van der Waals surface area contributed by atoms with Gasteiger partial charge in [0.05, 0.1) is 5.41 Å². The van der Waals surface area contributed by atoms with Crippen molar-refractivity contribution in [3.63, 3.8) is 0 Å². The highest BCUT2D eigenvalue weighted by molar-refractivity contribution is 5.33. The molecule has 1 N–H and O–H groups in total. The fourth-order valence-electron chi connectivity index (χ4n) is 3.79. The lowest BCUT2D eigenvalue weighted by Crippen LogP contribution is -2.43. The van der Waals surface area contributed by atoms with Crippen LogP contribution in [0.5, 0.6) is 0 Å². The fourth-order valence-corrected chi connectivity index (χ4v) is 3.79. The molecule has 2 heterocycles. The third-order valence-corrected chi connectivity index (χ3v) is 5.15. The summed E-state index contributed by atoms with van der Waals surface area (Å²) in [6, 6.07) is 21.4. The number of piperidine rings is 1. The third kappa shape index (κ3) is 2.85. The number of aromatic nitrogens is 3. The fraction of sp³-hybridized carbons (Fsp3) is 0.300. The van der Waals surface area contributed by atoms with E-state index in [1.807, 2.05) is 0 Å². The number of likely N-dealkylation sites (tertiary alicyclic amines) is 1. The molecule has 122 valence electrons. The molecule has 1 aliphatic rings. The molecule has 0 saturated carbocycles. The van der Waals surface area contributed by atoms with Gasteiger partial charge in [0.25, 0.3) is 0 Å². The predicted molar refractivity (Wildman–Crippen MR) is 94.6 cm³/mol. The molecule has 0 radical (unpaired) electrons. The Bertz CT molecular complexity index is 745. The molecule has 1 fully saturated rings. The highest BCUT2D eigenvalue weighted by Gasteiger charge is 2.40. The van der Waals surface area contributed by atoms with E-state index in [-0.39, 0.29) is 5.41 Å². The number of hydrogen-bond acceptors (Lipinski definition) is 3. The summed E-state index contributed by atoms with van der Waals surface area (Å²) in [5.41, 5.74) is 2.66. The average Bonchev–Trinajstić information content (AvgIpc) is 3.19. The molecular formula is C20H22N4. The molecule has 0 atom stereocenters. The first-order chi connectivity index (χ1) is 11.9. The first-order valence-corrected chi connectivity index (χ1v) is 8.54. The molecule has 1 saturated heterocycles. The van der Waals surface area contributed by atoms with Gasteiger partial charge in [-0.2, -0.15) is 5.10 Å². The maximum atomic E-state index is 4.51. The van der Waals surface area contributed by atoms with Gasteiger partial charge in [-0.15, -0.1) is 0 Å². The summed E-state index contributed by atoms with van der Waals surface area (Å²) in [4.78, 5) is 7.05. The van der Waals surface area contributed by atoms with Crippen LogP contribution in [0.15, 0.2) is 67.0 Å². The van der Waals surface area contributed by atoms with E-state index in [0.29, 0.717) is 0 Å². The van der Waals surface area contributed by atoms with Crippen molar-refractivity contribution >= 4 is 0 Å². The normalized spacial score (nSPS) is 17.7. The van der Waals surface area contributed by atoms with Gasteiger partial charge in [0.1, 0.15) is 12.2 Å². The summed E-state index contributed by atoms with van der Waals surface area (Å²) in [5, 5.41) is 7.24. The van der Waals surface area contributed by atoms with Crippen molar-refractivity contribution < 1.29 is 0 Å². The molecule has 2 aromatic carbocycles. The zero-order valence-corrected chi connectivity index (χ0v) is 13.7. The minimum atomic E-state index is -0.0506. The Morgan fingerprint density at radius 1 is 0.917 bits per heavy atom. The van der Waals surface area contributed by atoms with Gasteiger partial charge in [0.2, 0.25) is 0 Å². The van der Waals surface area contributed by atoms with E-state index >= 15 is 0 Å². The topological polar surface area (TPSA) is 44.8 Å². The average molecular weight is 318 g/mol. The van der Waals surface area contributed by atoms with Crippen LogP contribution >= 0.6 is 0 Å². The zero-order chi connectivity index (χ0) is 16.2. The number of rotatable bonds is 4. The number of benzene rings is 2. The first-order valence-electron chi connectivity index (χ1n) is 8.54. The van der Waals surface area contributed by atoms with Gasteiger partial charge in [0, 0.05) is 6.54 Å². The van der Waals surface area contributed by atoms with Crippen molar-refractivity contribution in [2.45, 2.75) is 24.8 Å². The minimum Gasteiger partial charge on any atom is -0.299 e. The van der Waals surface area contributed by atoms with Crippen LogP contribution in [0.3, 0.4) is 0 Å². The number of H-pyrrole nitrogens is 1. The standard InChI is InChI=1S/C20H22N4/c1-3-7-17(8-4-1)15-24-13-11-20(12-14-24,19-21-16-22-23-19)18-9-5-2-6-10-18/h1-10,16H,11-15H2,(H,21,22,23). The van der Waals surface area contributed by atoms with E-state index in [1.54, 1.807) is 6.33 Å². The van der Waals surface area contributed by atoms with Crippen molar-refractivity contribution in [2.75, 3.05) is 13.1 Å². The molecule has 4 rings (SSSR count). The van der Waals surface area contributed by atoms with E-state index in [2.05, 4.69) is 80.7 Å². The Kier molecular flexibility index (Phi) is 4.13. The second-order valence-electron chi connectivity index (χ2n) is 6.54. The molecule has 4 heteroatoms. The number of nitrogens with zero attached hydrogens (tertiary/aromatic N) is 3. The Morgan fingerprint density at radius 2 is 1.58 bits per heavy atom. The minimum absolute atomic E-state index is 0.0506. The second-order valence-corrected chi connectivity index (χ2v) is 6.54. The Morgan fingerprint density at radius 3 is 2.21 bits per heavy atom. The van der Waals surface area contributed by atoms with Crippen molar-refractivity contribution in [1.82, 2.24) is 20.1 Å². The van der Waals surface area contributed by atoms with E-state index in [1.165, 1.54) is 11.1 Å². The monoisotopic (exact) mass is 318 g/mol. The second kappa shape index (κ2) is 6.57. The van der Waals surface area contributed by atoms with E-state index < -0.39 is 0 Å². The third-order valence-electron chi connectivity index (χ3n) is 5.15. The molecule has 1 aliphatic heterocycles. The molecule has 3 aromatic rings. The van der Waals surface area contributed by atoms with Gasteiger partial charge >= 0.3 is 0 Å². The summed E-state index contributed by atoms with van der Waals surface area (Å²) in [6.45, 7) is 3.14. The van der Waals surface area contributed by atoms with Crippen molar-refractivity contribution in [2.24, 2.45) is 0 Å². The van der Waals surface area contributed by atoms with Gasteiger partial charge in [-0.3, -0.25) is 10.00 Å². The molecule has 0 aliphatic carbocycles. The van der Waals surface area contributed by atoms with Crippen LogP contribution < -0.4 is 0 Å². The summed E-state index contributed by atoms with van der Waals surface area (Å²) < 4.78 is 0. The molecule has 0 unspecified atom stereocenters. The van der Waals surface area contributed by atoms with Gasteiger partial charge in [-0.1, -0.05) is 60.7 Å². The van der Waals surface area contributed by atoms with Crippen LogP contribution in [-0.2, 0) is 12.0 Å². The van der Waals surface area contributed by atoms with Gasteiger partial charge < -0.3 is 0 Å². The number of nitrogens with one attached hydrogen (secondary N) is 1. The van der Waals surface area contributed by atoms with Crippen LogP contribution in [0, 0.1) is 0 Å². The lowest BCUT2D eigenvalue weighted by atomic mass is 9.72. The van der Waals surface area contributed by atoms with E-state index in [9.17, 15) is 0 Å². The Balaban J connectivity index is 1.56. The van der Waals surface area contributed by atoms with Crippen molar-refractivity contribution in [3.05, 3.63) is 83.9 Å². The first kappa shape index (κ1) is 15.1. The lowest BCUT2D eigenvalue weighted by molar-refractivity contribution is 0.168. The van der Waals surface area contributed by atoms with Crippen LogP contribution in [0.25, 0.3) is 0 Å². The molecule has 0 amide bonds. The van der Waals surface area contributed by atoms with Crippen LogP contribution in [0.1, 0.15) is 29.8 Å². The highest BCUT2D eigenvalue weighted by Crippen LogP contribution is 2.40. The number of hydrogen-bond donors (Lipinski definition) is 1. The van der Waals surface area contributed by atoms with E-state index in [0.717, 1.165) is 38.3 Å². The Labute approximate surface area is 142 Å². The lowest BCUT2D eigenvalue weighted by Gasteiger charge is -2.41. The zero-order valence-electron chi connectivity index (χ0n) is 13.7. The molecule has 0 spiro atoms. The smallest absolute Gasteiger partial charge is 0.137 e. The van der Waals surface area contributed by atoms with Crippen molar-refractivity contribution in [1.29, 1.82) is 0 Å². The molecular weight excluding hydrogens is 296 g/mol. The van der Waals surface area contributed by atoms with Crippen LogP contribution in [0.2, 0.25) is 0 Å². The predicted octanol–water partition coefficient (Wildman–Crippen LogP) is 3.39. The van der Waals surface area contributed by atoms with E-state index in [4.69, 9.17) is 0 Å². The SMILES string of the molecule is c1ccc(CN2CCC(c3ccccc3)(c3ncn[nH]3)CC2)cc1.